The molecule has 1 saturated heterocycles. The van der Waals surface area contributed by atoms with Gasteiger partial charge >= 0.3 is 6.09 Å². The molecule has 1 heterocycles. The first-order valence-corrected chi connectivity index (χ1v) is 5.18. The predicted octanol–water partition coefficient (Wildman–Crippen LogP) is 2.63. The van der Waals surface area contributed by atoms with Crippen molar-refractivity contribution >= 4 is 6.09 Å². The molecule has 0 radical (unpaired) electrons. The lowest BCUT2D eigenvalue weighted by atomic mass is 9.80. The Labute approximate surface area is 93.6 Å². The Kier molecular flexibility index (Phi) is 2.58. The quantitative estimate of drug-likeness (QED) is 0.794. The third kappa shape index (κ3) is 1.87. The monoisotopic (exact) mass is 223 g/mol. The molecule has 86 valence electrons. The van der Waals surface area contributed by atoms with Gasteiger partial charge in [-0.25, -0.2) is 9.18 Å². The zero-order chi connectivity index (χ0) is 11.8. The van der Waals surface area contributed by atoms with Gasteiger partial charge in [0.25, 0.3) is 0 Å². The van der Waals surface area contributed by atoms with Crippen molar-refractivity contribution in [2.24, 2.45) is 5.41 Å². The number of cyclic esters (lactones) is 1. The fraction of sp³-hybridized carbons (Fsp3) is 0.417. The Hall–Kier alpha value is -1.58. The van der Waals surface area contributed by atoms with Crippen molar-refractivity contribution in [3.63, 3.8) is 0 Å². The standard InChI is InChI=1S/C12H14FNO2/c1-12(2)7-16-11(15)14-10(12)8-5-3-4-6-9(8)13/h3-6,10H,7H2,1-2H3,(H,14,15)/t10-/m1/s1. The first-order valence-electron chi connectivity index (χ1n) is 5.18. The number of alkyl carbamates (subject to hydrolysis) is 1. The zero-order valence-corrected chi connectivity index (χ0v) is 9.29. The lowest BCUT2D eigenvalue weighted by Gasteiger charge is -2.38. The lowest BCUT2D eigenvalue weighted by molar-refractivity contribution is 0.0378. The Balaban J connectivity index is 2.38. The highest BCUT2D eigenvalue weighted by molar-refractivity contribution is 5.69. The first kappa shape index (κ1) is 10.9. The van der Waals surface area contributed by atoms with Crippen molar-refractivity contribution in [2.75, 3.05) is 6.61 Å². The number of ether oxygens (including phenoxy) is 1. The molecule has 1 fully saturated rings. The average Bonchev–Trinajstić information content (AvgIpc) is 2.23. The molecule has 0 aliphatic carbocycles. The van der Waals surface area contributed by atoms with Gasteiger partial charge in [-0.1, -0.05) is 32.0 Å². The number of carbonyl (C=O) groups excluding carboxylic acids is 1. The summed E-state index contributed by atoms with van der Waals surface area (Å²) in [5.74, 6) is -0.303. The minimum absolute atomic E-state index is 0.290. The highest BCUT2D eigenvalue weighted by Crippen LogP contribution is 2.37. The van der Waals surface area contributed by atoms with Gasteiger partial charge in [0.2, 0.25) is 0 Å². The number of halogens is 1. The van der Waals surface area contributed by atoms with E-state index in [2.05, 4.69) is 5.32 Å². The minimum atomic E-state index is -0.493. The number of carbonyl (C=O) groups is 1. The van der Waals surface area contributed by atoms with Crippen molar-refractivity contribution in [3.05, 3.63) is 35.6 Å². The molecule has 1 N–H and O–H groups in total. The van der Waals surface area contributed by atoms with Crippen molar-refractivity contribution in [2.45, 2.75) is 19.9 Å². The predicted molar refractivity (Wildman–Crippen MR) is 57.4 cm³/mol. The van der Waals surface area contributed by atoms with E-state index >= 15 is 0 Å². The molecule has 16 heavy (non-hydrogen) atoms. The molecule has 1 aliphatic rings. The third-order valence-corrected chi connectivity index (χ3v) is 2.84. The van der Waals surface area contributed by atoms with E-state index in [1.54, 1.807) is 18.2 Å². The van der Waals surface area contributed by atoms with Gasteiger partial charge in [-0.2, -0.15) is 0 Å². The summed E-state index contributed by atoms with van der Waals surface area (Å²) in [5.41, 5.74) is 0.181. The van der Waals surface area contributed by atoms with Crippen LogP contribution < -0.4 is 5.32 Å². The number of hydrogen-bond acceptors (Lipinski definition) is 2. The summed E-state index contributed by atoms with van der Waals surface area (Å²) in [6.45, 7) is 4.16. The molecule has 0 bridgehead atoms. The van der Waals surface area contributed by atoms with Crippen LogP contribution in [-0.2, 0) is 4.74 Å². The number of hydrogen-bond donors (Lipinski definition) is 1. The second kappa shape index (κ2) is 3.77. The van der Waals surface area contributed by atoms with Gasteiger partial charge in [0.05, 0.1) is 6.04 Å². The van der Waals surface area contributed by atoms with E-state index in [1.165, 1.54) is 6.07 Å². The fourth-order valence-electron chi connectivity index (χ4n) is 1.90. The van der Waals surface area contributed by atoms with Crippen LogP contribution >= 0.6 is 0 Å². The van der Waals surface area contributed by atoms with Gasteiger partial charge in [0, 0.05) is 11.0 Å². The van der Waals surface area contributed by atoms with Gasteiger partial charge in [0.15, 0.2) is 0 Å². The van der Waals surface area contributed by atoms with Crippen LogP contribution in [0.1, 0.15) is 25.5 Å². The van der Waals surface area contributed by atoms with Crippen LogP contribution in [0.5, 0.6) is 0 Å². The van der Waals surface area contributed by atoms with Crippen LogP contribution in [0.25, 0.3) is 0 Å². The number of amides is 1. The highest BCUT2D eigenvalue weighted by Gasteiger charge is 2.38. The molecule has 1 aromatic rings. The molecule has 1 amide bonds. The molecule has 3 nitrogen and oxygen atoms in total. The lowest BCUT2D eigenvalue weighted by Crippen LogP contribution is -2.47. The number of nitrogens with one attached hydrogen (secondary N) is 1. The number of benzene rings is 1. The fourth-order valence-corrected chi connectivity index (χ4v) is 1.90. The zero-order valence-electron chi connectivity index (χ0n) is 9.29. The van der Waals surface area contributed by atoms with E-state index in [0.717, 1.165) is 0 Å². The Morgan fingerprint density at radius 1 is 1.44 bits per heavy atom. The molecule has 1 aromatic carbocycles. The minimum Gasteiger partial charge on any atom is -0.449 e. The van der Waals surface area contributed by atoms with Gasteiger partial charge in [0.1, 0.15) is 12.4 Å². The summed E-state index contributed by atoms with van der Waals surface area (Å²) in [4.78, 5) is 11.2. The average molecular weight is 223 g/mol. The van der Waals surface area contributed by atoms with E-state index < -0.39 is 6.09 Å². The Morgan fingerprint density at radius 2 is 2.12 bits per heavy atom. The molecular weight excluding hydrogens is 209 g/mol. The molecule has 1 atom stereocenters. The molecule has 1 aliphatic heterocycles. The van der Waals surface area contributed by atoms with E-state index in [9.17, 15) is 9.18 Å². The molecule has 2 rings (SSSR count). The summed E-state index contributed by atoms with van der Waals surface area (Å²) < 4.78 is 18.6. The molecule has 0 spiro atoms. The van der Waals surface area contributed by atoms with Gasteiger partial charge < -0.3 is 10.1 Å². The third-order valence-electron chi connectivity index (χ3n) is 2.84. The van der Waals surface area contributed by atoms with Gasteiger partial charge in [-0.05, 0) is 6.07 Å². The van der Waals surface area contributed by atoms with E-state index in [-0.39, 0.29) is 23.9 Å². The van der Waals surface area contributed by atoms with Crippen molar-refractivity contribution in [1.82, 2.24) is 5.32 Å². The summed E-state index contributed by atoms with van der Waals surface area (Å²) >= 11 is 0. The smallest absolute Gasteiger partial charge is 0.407 e. The van der Waals surface area contributed by atoms with Crippen LogP contribution in [-0.4, -0.2) is 12.7 Å². The first-order chi connectivity index (χ1) is 7.50. The van der Waals surface area contributed by atoms with E-state index in [0.29, 0.717) is 5.56 Å². The summed E-state index contributed by atoms with van der Waals surface area (Å²) in [5, 5.41) is 2.66. The summed E-state index contributed by atoms with van der Waals surface area (Å²) in [6.07, 6.45) is -0.493. The van der Waals surface area contributed by atoms with Crippen molar-refractivity contribution < 1.29 is 13.9 Å². The van der Waals surface area contributed by atoms with Gasteiger partial charge in [-0.15, -0.1) is 0 Å². The SMILES string of the molecule is CC1(C)COC(=O)N[C@@H]1c1ccccc1F. The summed E-state index contributed by atoms with van der Waals surface area (Å²) in [6, 6.07) is 6.12. The van der Waals surface area contributed by atoms with Gasteiger partial charge in [-0.3, -0.25) is 0 Å². The normalized spacial score (nSPS) is 23.4. The second-order valence-electron chi connectivity index (χ2n) is 4.66. The molecule has 4 heteroatoms. The maximum Gasteiger partial charge on any atom is 0.407 e. The largest absolute Gasteiger partial charge is 0.449 e. The molecule has 0 unspecified atom stereocenters. The second-order valence-corrected chi connectivity index (χ2v) is 4.66. The highest BCUT2D eigenvalue weighted by atomic mass is 19.1. The van der Waals surface area contributed by atoms with E-state index in [4.69, 9.17) is 4.74 Å². The number of rotatable bonds is 1. The van der Waals surface area contributed by atoms with Crippen molar-refractivity contribution in [1.29, 1.82) is 0 Å². The summed E-state index contributed by atoms with van der Waals surface area (Å²) in [7, 11) is 0. The molecule has 0 saturated carbocycles. The van der Waals surface area contributed by atoms with Crippen LogP contribution in [0.2, 0.25) is 0 Å². The molecular formula is C12H14FNO2. The topological polar surface area (TPSA) is 38.3 Å². The Bertz CT molecular complexity index is 417. The Morgan fingerprint density at radius 3 is 2.81 bits per heavy atom. The van der Waals surface area contributed by atoms with Crippen molar-refractivity contribution in [3.8, 4) is 0 Å². The maximum absolute atomic E-state index is 13.7. The maximum atomic E-state index is 13.7. The van der Waals surface area contributed by atoms with Crippen LogP contribution in [0.3, 0.4) is 0 Å². The van der Waals surface area contributed by atoms with Crippen LogP contribution in [0.4, 0.5) is 9.18 Å². The van der Waals surface area contributed by atoms with Crippen LogP contribution in [0, 0.1) is 11.2 Å². The van der Waals surface area contributed by atoms with E-state index in [1.807, 2.05) is 13.8 Å². The van der Waals surface area contributed by atoms with Crippen LogP contribution in [0.15, 0.2) is 24.3 Å². The molecule has 0 aromatic heterocycles.